The maximum absolute atomic E-state index is 12.9. The zero-order valence-corrected chi connectivity index (χ0v) is 19.2. The first kappa shape index (κ1) is 22.0. The summed E-state index contributed by atoms with van der Waals surface area (Å²) in [5.74, 6) is 1.57. The molecule has 0 saturated carbocycles. The Kier molecular flexibility index (Phi) is 5.72. The maximum atomic E-state index is 12.9. The number of benzene rings is 1. The lowest BCUT2D eigenvalue weighted by atomic mass is 9.76. The molecular weight excluding hydrogens is 436 g/mol. The summed E-state index contributed by atoms with van der Waals surface area (Å²) in [5.41, 5.74) is 0.668. The molecule has 3 aliphatic rings. The van der Waals surface area contributed by atoms with Crippen LogP contribution in [0.1, 0.15) is 23.2 Å². The predicted molar refractivity (Wildman–Crippen MR) is 127 cm³/mol. The summed E-state index contributed by atoms with van der Waals surface area (Å²) in [5, 5.41) is 9.95. The number of amides is 3. The van der Waals surface area contributed by atoms with Crippen molar-refractivity contribution in [3.63, 3.8) is 0 Å². The van der Waals surface area contributed by atoms with Gasteiger partial charge in [0.1, 0.15) is 5.82 Å². The van der Waals surface area contributed by atoms with Gasteiger partial charge in [0.15, 0.2) is 5.82 Å². The van der Waals surface area contributed by atoms with E-state index in [4.69, 9.17) is 0 Å². The number of anilines is 3. The zero-order valence-electron chi connectivity index (χ0n) is 19.2. The topological polar surface area (TPSA) is 109 Å². The quantitative estimate of drug-likeness (QED) is 0.674. The molecule has 178 valence electrons. The molecule has 2 aromatic rings. The number of rotatable bonds is 4. The molecular formula is C24H28N6O4. The highest BCUT2D eigenvalue weighted by Crippen LogP contribution is 2.37. The first-order chi connectivity index (χ1) is 16.4. The molecule has 2 aliphatic heterocycles. The molecule has 5 rings (SSSR count). The Bertz CT molecular complexity index is 1160. The van der Waals surface area contributed by atoms with Crippen LogP contribution in [0.3, 0.4) is 0 Å². The van der Waals surface area contributed by atoms with Crippen LogP contribution in [0.5, 0.6) is 0 Å². The van der Waals surface area contributed by atoms with Crippen molar-refractivity contribution in [3.8, 4) is 0 Å². The predicted octanol–water partition coefficient (Wildman–Crippen LogP) is 2.56. The number of aromatic nitrogens is 2. The fourth-order valence-electron chi connectivity index (χ4n) is 5.13. The van der Waals surface area contributed by atoms with E-state index in [1.807, 2.05) is 22.7 Å². The average Bonchev–Trinajstić information content (AvgIpc) is 3.41. The summed E-state index contributed by atoms with van der Waals surface area (Å²) in [7, 11) is 3.14. The molecule has 1 aromatic carbocycles. The van der Waals surface area contributed by atoms with Gasteiger partial charge < -0.3 is 19.9 Å². The number of fused-ring (bicyclic) bond motifs is 2. The SMILES string of the molecule is COC(=O)Nc1ccccc1C(=O)Nc1cc2n(n1)CCN2C1C=CC2C(=O)N(C)CCC2C1. The monoisotopic (exact) mass is 464 g/mol. The molecule has 3 atom stereocenters. The number of hydrogen-bond acceptors (Lipinski definition) is 6. The van der Waals surface area contributed by atoms with Crippen LogP contribution in [-0.4, -0.2) is 65.9 Å². The molecule has 10 nitrogen and oxygen atoms in total. The number of carbonyl (C=O) groups excluding carboxylic acids is 3. The van der Waals surface area contributed by atoms with E-state index in [1.165, 1.54) is 7.11 Å². The van der Waals surface area contributed by atoms with Crippen LogP contribution in [0.4, 0.5) is 22.1 Å². The van der Waals surface area contributed by atoms with Crippen LogP contribution in [0, 0.1) is 11.8 Å². The molecule has 3 amide bonds. The molecule has 1 fully saturated rings. The highest BCUT2D eigenvalue weighted by atomic mass is 16.5. The molecule has 2 N–H and O–H groups in total. The third-order valence-corrected chi connectivity index (χ3v) is 6.93. The Morgan fingerprint density at radius 2 is 1.94 bits per heavy atom. The number of para-hydroxylation sites is 1. The highest BCUT2D eigenvalue weighted by Gasteiger charge is 2.39. The lowest BCUT2D eigenvalue weighted by molar-refractivity contribution is -0.137. The molecule has 0 radical (unpaired) electrons. The van der Waals surface area contributed by atoms with Crippen molar-refractivity contribution in [2.24, 2.45) is 11.8 Å². The lowest BCUT2D eigenvalue weighted by Gasteiger charge is -2.40. The largest absolute Gasteiger partial charge is 0.453 e. The Morgan fingerprint density at radius 1 is 1.12 bits per heavy atom. The average molecular weight is 465 g/mol. The molecule has 0 spiro atoms. The number of piperidine rings is 1. The van der Waals surface area contributed by atoms with Crippen LogP contribution < -0.4 is 15.5 Å². The second-order valence-electron chi connectivity index (χ2n) is 8.94. The number of carbonyl (C=O) groups is 3. The van der Waals surface area contributed by atoms with Crippen molar-refractivity contribution in [3.05, 3.63) is 48.0 Å². The van der Waals surface area contributed by atoms with Crippen molar-refractivity contribution < 1.29 is 19.1 Å². The molecule has 1 aliphatic carbocycles. The fourth-order valence-corrected chi connectivity index (χ4v) is 5.13. The standard InChI is InChI=1S/C24H28N6O4/c1-28-10-9-15-13-16(7-8-17(15)23(28)32)29-11-12-30-21(29)14-20(27-30)26-22(31)18-5-3-4-6-19(18)25-24(33)34-2/h3-8,14-17H,9-13H2,1-2H3,(H,25,33)(H,26,27,31). The molecule has 10 heteroatoms. The molecule has 0 bridgehead atoms. The Hall–Kier alpha value is -3.82. The van der Waals surface area contributed by atoms with Gasteiger partial charge in [-0.3, -0.25) is 14.9 Å². The second kappa shape index (κ2) is 8.85. The summed E-state index contributed by atoms with van der Waals surface area (Å²) < 4.78 is 6.53. The van der Waals surface area contributed by atoms with Crippen molar-refractivity contribution >= 4 is 35.2 Å². The van der Waals surface area contributed by atoms with Crippen molar-refractivity contribution in [1.29, 1.82) is 0 Å². The number of methoxy groups -OCH3 is 1. The summed E-state index contributed by atoms with van der Waals surface area (Å²) >= 11 is 0. The van der Waals surface area contributed by atoms with E-state index in [9.17, 15) is 14.4 Å². The molecule has 3 unspecified atom stereocenters. The van der Waals surface area contributed by atoms with Gasteiger partial charge in [-0.15, -0.1) is 0 Å². The Morgan fingerprint density at radius 3 is 2.76 bits per heavy atom. The summed E-state index contributed by atoms with van der Waals surface area (Å²) in [4.78, 5) is 41.1. The summed E-state index contributed by atoms with van der Waals surface area (Å²) in [6.07, 6.45) is 5.52. The van der Waals surface area contributed by atoms with Crippen LogP contribution in [0.15, 0.2) is 42.5 Å². The van der Waals surface area contributed by atoms with E-state index in [-0.39, 0.29) is 23.8 Å². The number of hydrogen-bond donors (Lipinski definition) is 2. The van der Waals surface area contributed by atoms with Gasteiger partial charge in [-0.2, -0.15) is 5.10 Å². The van der Waals surface area contributed by atoms with Crippen LogP contribution in [0.2, 0.25) is 0 Å². The minimum absolute atomic E-state index is 0.0176. The highest BCUT2D eigenvalue weighted by molar-refractivity contribution is 6.09. The van der Waals surface area contributed by atoms with E-state index in [0.29, 0.717) is 23.0 Å². The Labute approximate surface area is 197 Å². The molecule has 1 saturated heterocycles. The van der Waals surface area contributed by atoms with E-state index in [2.05, 4.69) is 37.5 Å². The van der Waals surface area contributed by atoms with Crippen molar-refractivity contribution in [2.75, 3.05) is 42.8 Å². The van der Waals surface area contributed by atoms with E-state index < -0.39 is 6.09 Å². The molecule has 3 heterocycles. The minimum Gasteiger partial charge on any atom is -0.453 e. The minimum atomic E-state index is -0.647. The van der Waals surface area contributed by atoms with Gasteiger partial charge in [-0.05, 0) is 30.9 Å². The summed E-state index contributed by atoms with van der Waals surface area (Å²) in [6, 6.07) is 8.79. The maximum Gasteiger partial charge on any atom is 0.411 e. The number of likely N-dealkylation sites (tertiary alicyclic amines) is 1. The van der Waals surface area contributed by atoms with Crippen molar-refractivity contribution in [1.82, 2.24) is 14.7 Å². The smallest absolute Gasteiger partial charge is 0.411 e. The van der Waals surface area contributed by atoms with Gasteiger partial charge >= 0.3 is 6.09 Å². The first-order valence-corrected chi connectivity index (χ1v) is 11.5. The van der Waals surface area contributed by atoms with Gasteiger partial charge in [0, 0.05) is 32.2 Å². The van der Waals surface area contributed by atoms with Gasteiger partial charge in [-0.1, -0.05) is 24.3 Å². The van der Waals surface area contributed by atoms with Gasteiger partial charge in [0.2, 0.25) is 5.91 Å². The molecule has 1 aromatic heterocycles. The third-order valence-electron chi connectivity index (χ3n) is 6.93. The number of nitrogens with zero attached hydrogens (tertiary/aromatic N) is 4. The van der Waals surface area contributed by atoms with Crippen LogP contribution >= 0.6 is 0 Å². The lowest BCUT2D eigenvalue weighted by Crippen LogP contribution is -2.47. The van der Waals surface area contributed by atoms with Gasteiger partial charge in [0.05, 0.1) is 30.8 Å². The summed E-state index contributed by atoms with van der Waals surface area (Å²) in [6.45, 7) is 2.37. The van der Waals surface area contributed by atoms with E-state index in [1.54, 1.807) is 24.3 Å². The fraction of sp³-hybridized carbons (Fsp3) is 0.417. The second-order valence-corrected chi connectivity index (χ2v) is 8.94. The van der Waals surface area contributed by atoms with Crippen LogP contribution in [0.25, 0.3) is 0 Å². The third kappa shape index (κ3) is 4.00. The normalized spacial score (nSPS) is 23.4. The van der Waals surface area contributed by atoms with E-state index >= 15 is 0 Å². The van der Waals surface area contributed by atoms with Crippen molar-refractivity contribution in [2.45, 2.75) is 25.4 Å². The molecule has 34 heavy (non-hydrogen) atoms. The number of ether oxygens (including phenoxy) is 1. The van der Waals surface area contributed by atoms with E-state index in [0.717, 1.165) is 38.3 Å². The van der Waals surface area contributed by atoms with Gasteiger partial charge in [0.25, 0.3) is 5.91 Å². The Balaban J connectivity index is 1.30. The van der Waals surface area contributed by atoms with Crippen LogP contribution in [-0.2, 0) is 16.1 Å². The zero-order chi connectivity index (χ0) is 23.8. The number of nitrogens with one attached hydrogen (secondary N) is 2. The first-order valence-electron chi connectivity index (χ1n) is 11.5. The van der Waals surface area contributed by atoms with Gasteiger partial charge in [-0.25, -0.2) is 9.48 Å².